The smallest absolute Gasteiger partial charge is 0.321 e. The van der Waals surface area contributed by atoms with Crippen LogP contribution in [0.4, 0.5) is 30.6 Å². The molecule has 2 bridgehead atoms. The molecule has 3 aliphatic heterocycles. The van der Waals surface area contributed by atoms with E-state index < -0.39 is 5.82 Å². The van der Waals surface area contributed by atoms with Crippen LogP contribution in [0.1, 0.15) is 56.2 Å². The highest BCUT2D eigenvalue weighted by atomic mass is 19.1. The third-order valence-corrected chi connectivity index (χ3v) is 13.4. The number of nitrogens with one attached hydrogen (secondary N) is 1. The zero-order valence-corrected chi connectivity index (χ0v) is 38.6. The van der Waals surface area contributed by atoms with Crippen molar-refractivity contribution >= 4 is 46.0 Å². The molecule has 7 rings (SSSR count). The lowest BCUT2D eigenvalue weighted by Crippen LogP contribution is -2.54. The number of aryl methyl sites for hydroxylation is 1. The topological polar surface area (TPSA) is 184 Å². The molecule has 17 heteroatoms. The van der Waals surface area contributed by atoms with Crippen molar-refractivity contribution in [1.82, 2.24) is 19.7 Å². The van der Waals surface area contributed by atoms with Crippen molar-refractivity contribution in [2.45, 2.75) is 64.1 Å². The number of halogens is 2. The Hall–Kier alpha value is -6.04. The van der Waals surface area contributed by atoms with Gasteiger partial charge in [0.05, 0.1) is 37.4 Å². The number of allylic oxidation sites excluding steroid dienone is 1. The summed E-state index contributed by atoms with van der Waals surface area (Å²) in [5, 5.41) is 14.0. The number of urea groups is 1. The fourth-order valence-corrected chi connectivity index (χ4v) is 10.0. The van der Waals surface area contributed by atoms with Crippen LogP contribution in [0.2, 0.25) is 0 Å². The standard InChI is InChI=1S/C49H66F2N10O5/c1-5-56(31-66-30-39(29-65-4)60-25-32(2)40-22-35(11-13-44(40)60)59(17-6-20-62)49(64)55-3)26-33-15-18-57(19-16-33)45-23-36(10-12-42(45)51)61-37-8-9-38(61)28-58(27-37)46(48(53)54)24-43(52)41-21-34(50)7-14-47(41)63/h7,10-14,20-25,33,37-39,63H,5-6,8-9,15-19,26-31,52-54H2,1-4H3,(H,55,64)/b43-24-. The van der Waals surface area contributed by atoms with Crippen LogP contribution >= 0.6 is 0 Å². The van der Waals surface area contributed by atoms with E-state index in [4.69, 9.17) is 26.7 Å². The molecule has 3 atom stereocenters. The van der Waals surface area contributed by atoms with E-state index >= 15 is 4.39 Å². The zero-order valence-electron chi connectivity index (χ0n) is 38.6. The normalized spacial score (nSPS) is 18.3. The number of fused-ring (bicyclic) bond motifs is 3. The minimum absolute atomic E-state index is 0.0786. The number of phenols is 1. The summed E-state index contributed by atoms with van der Waals surface area (Å²) in [6, 6.07) is 14.9. The van der Waals surface area contributed by atoms with Crippen LogP contribution in [0.5, 0.6) is 5.75 Å². The molecule has 3 fully saturated rings. The Morgan fingerprint density at radius 1 is 1.00 bits per heavy atom. The number of amides is 2. The van der Waals surface area contributed by atoms with Crippen molar-refractivity contribution in [3.63, 3.8) is 0 Å². The van der Waals surface area contributed by atoms with Gasteiger partial charge in [0.1, 0.15) is 29.5 Å². The second-order valence-electron chi connectivity index (χ2n) is 17.7. The molecule has 66 heavy (non-hydrogen) atoms. The van der Waals surface area contributed by atoms with Crippen molar-refractivity contribution in [2.24, 2.45) is 23.1 Å². The summed E-state index contributed by atoms with van der Waals surface area (Å²) in [6.45, 7) is 10.3. The second kappa shape index (κ2) is 21.5. The summed E-state index contributed by atoms with van der Waals surface area (Å²) in [7, 11) is 3.27. The maximum atomic E-state index is 15.6. The van der Waals surface area contributed by atoms with Crippen LogP contribution in [0.15, 0.2) is 78.4 Å². The van der Waals surface area contributed by atoms with Gasteiger partial charge in [-0.25, -0.2) is 13.6 Å². The van der Waals surface area contributed by atoms with E-state index in [1.165, 1.54) is 18.2 Å². The van der Waals surface area contributed by atoms with Crippen LogP contribution < -0.4 is 37.2 Å². The summed E-state index contributed by atoms with van der Waals surface area (Å²) >= 11 is 0. The highest BCUT2D eigenvalue weighted by Gasteiger charge is 2.41. The van der Waals surface area contributed by atoms with E-state index in [0.717, 1.165) is 86.0 Å². The Morgan fingerprint density at radius 3 is 2.41 bits per heavy atom. The molecule has 356 valence electrons. The Balaban J connectivity index is 0.938. The first-order valence-electron chi connectivity index (χ1n) is 23.0. The summed E-state index contributed by atoms with van der Waals surface area (Å²) in [5.74, 6) is -0.379. The number of nitrogens with two attached hydrogens (primary N) is 3. The van der Waals surface area contributed by atoms with Gasteiger partial charge in [0.15, 0.2) is 0 Å². The van der Waals surface area contributed by atoms with Gasteiger partial charge in [-0.05, 0) is 111 Å². The minimum Gasteiger partial charge on any atom is -0.507 e. The fourth-order valence-electron chi connectivity index (χ4n) is 10.0. The number of carbonyl (C=O) groups is 2. The molecule has 3 unspecified atom stereocenters. The molecule has 0 radical (unpaired) electrons. The van der Waals surface area contributed by atoms with Crippen molar-refractivity contribution in [1.29, 1.82) is 0 Å². The van der Waals surface area contributed by atoms with E-state index in [0.29, 0.717) is 50.3 Å². The molecule has 4 heterocycles. The molecule has 15 nitrogen and oxygen atoms in total. The van der Waals surface area contributed by atoms with E-state index in [9.17, 15) is 19.1 Å². The lowest BCUT2D eigenvalue weighted by atomic mass is 9.95. The van der Waals surface area contributed by atoms with Gasteiger partial charge < -0.3 is 61.2 Å². The summed E-state index contributed by atoms with van der Waals surface area (Å²) < 4.78 is 43.9. The Labute approximate surface area is 386 Å². The number of nitrogens with zero attached hydrogens (tertiary/aromatic N) is 6. The van der Waals surface area contributed by atoms with Crippen molar-refractivity contribution < 1.29 is 33.0 Å². The van der Waals surface area contributed by atoms with Gasteiger partial charge in [0.25, 0.3) is 0 Å². The predicted molar refractivity (Wildman–Crippen MR) is 256 cm³/mol. The number of anilines is 3. The second-order valence-corrected chi connectivity index (χ2v) is 17.7. The van der Waals surface area contributed by atoms with Crippen molar-refractivity contribution in [3.05, 3.63) is 101 Å². The quantitative estimate of drug-likeness (QED) is 0.0433. The molecule has 2 amide bonds. The maximum Gasteiger partial charge on any atom is 0.321 e. The number of ether oxygens (including phenoxy) is 2. The Morgan fingerprint density at radius 2 is 1.74 bits per heavy atom. The average molecular weight is 913 g/mol. The first-order valence-corrected chi connectivity index (χ1v) is 23.0. The van der Waals surface area contributed by atoms with E-state index in [2.05, 4.69) is 42.6 Å². The average Bonchev–Trinajstić information content (AvgIpc) is 3.78. The van der Waals surface area contributed by atoms with Gasteiger partial charge in [-0.2, -0.15) is 0 Å². The largest absolute Gasteiger partial charge is 0.507 e. The van der Waals surface area contributed by atoms with E-state index in [1.807, 2.05) is 37.3 Å². The third kappa shape index (κ3) is 10.6. The van der Waals surface area contributed by atoms with Crippen LogP contribution in [-0.2, 0) is 14.3 Å². The van der Waals surface area contributed by atoms with Gasteiger partial charge >= 0.3 is 6.03 Å². The number of carbonyl (C=O) groups excluding carboxylic acids is 2. The summed E-state index contributed by atoms with van der Waals surface area (Å²) in [6.07, 6.45) is 8.50. The summed E-state index contributed by atoms with van der Waals surface area (Å²) in [5.41, 5.74) is 23.9. The van der Waals surface area contributed by atoms with E-state index in [-0.39, 0.29) is 65.8 Å². The number of rotatable bonds is 19. The summed E-state index contributed by atoms with van der Waals surface area (Å²) in [4.78, 5) is 34.3. The first-order chi connectivity index (χ1) is 31.8. The molecule has 3 aromatic carbocycles. The van der Waals surface area contributed by atoms with Crippen molar-refractivity contribution in [3.8, 4) is 5.75 Å². The molecule has 3 saturated heterocycles. The van der Waals surface area contributed by atoms with Gasteiger partial charge in [-0.15, -0.1) is 0 Å². The van der Waals surface area contributed by atoms with Crippen LogP contribution in [0, 0.1) is 24.5 Å². The SMILES string of the molecule is CCN(COCC(COC)n1cc(C)c2cc(N(CCC=O)C(=O)NC)ccc21)CC1CCN(c2cc(N3C4CCC3CN(C(/C=C(\N)c3cc(F)ccc3O)=C(N)N)C4)ccc2F)CC1. The highest BCUT2D eigenvalue weighted by Crippen LogP contribution is 2.39. The number of phenolic OH excluding ortho intramolecular Hbond substituents is 1. The number of aromatic hydroxyl groups is 1. The number of piperidine rings is 1. The molecule has 1 aromatic heterocycles. The number of aromatic nitrogens is 1. The molecule has 0 saturated carbocycles. The molecule has 8 N–H and O–H groups in total. The van der Waals surface area contributed by atoms with Gasteiger partial charge in [0.2, 0.25) is 0 Å². The van der Waals surface area contributed by atoms with Crippen molar-refractivity contribution in [2.75, 3.05) is 94.6 Å². The lowest BCUT2D eigenvalue weighted by molar-refractivity contribution is -0.107. The van der Waals surface area contributed by atoms with Gasteiger partial charge in [-0.1, -0.05) is 6.92 Å². The predicted octanol–water partition coefficient (Wildman–Crippen LogP) is 5.81. The molecular weight excluding hydrogens is 847 g/mol. The number of methoxy groups -OCH3 is 1. The Bertz CT molecular complexity index is 2380. The van der Waals surface area contributed by atoms with Gasteiger partial charge in [-0.3, -0.25) is 9.80 Å². The van der Waals surface area contributed by atoms with Crippen LogP contribution in [-0.4, -0.2) is 124 Å². The van der Waals surface area contributed by atoms with Crippen LogP contribution in [0.3, 0.4) is 0 Å². The fraction of sp³-hybridized carbons (Fsp3) is 0.469. The van der Waals surface area contributed by atoms with E-state index in [1.54, 1.807) is 31.2 Å². The number of likely N-dealkylation sites (tertiary alicyclic amines) is 1. The molecule has 4 aromatic rings. The number of hydrogen-bond donors (Lipinski definition) is 5. The number of piperazine rings is 1. The molecule has 0 spiro atoms. The molecule has 3 aliphatic rings. The first kappa shape index (κ1) is 47.9. The Kier molecular flexibility index (Phi) is 15.6. The van der Waals surface area contributed by atoms with Gasteiger partial charge in [0, 0.05) is 112 Å². The highest BCUT2D eigenvalue weighted by molar-refractivity contribution is 5.96. The van der Waals surface area contributed by atoms with Crippen LogP contribution in [0.25, 0.3) is 16.6 Å². The zero-order chi connectivity index (χ0) is 47.1. The third-order valence-electron chi connectivity index (χ3n) is 13.4. The minimum atomic E-state index is -0.521. The maximum absolute atomic E-state index is 15.6. The molecule has 0 aliphatic carbocycles. The number of aldehydes is 1. The lowest BCUT2D eigenvalue weighted by Gasteiger charge is -2.44. The molecular formula is C49H66F2N10O5. The number of hydrogen-bond acceptors (Lipinski definition) is 12. The monoisotopic (exact) mass is 913 g/mol. The number of benzene rings is 3.